The van der Waals surface area contributed by atoms with Crippen LogP contribution in [-0.4, -0.2) is 21.9 Å². The molecule has 0 saturated heterocycles. The molecule has 0 aliphatic heterocycles. The minimum absolute atomic E-state index is 0.0329. The molecule has 0 spiro atoms. The predicted molar refractivity (Wildman–Crippen MR) is 69.0 cm³/mol. The first kappa shape index (κ1) is 12.7. The number of nitrogens with zero attached hydrogens (tertiary/aromatic N) is 3. The lowest BCUT2D eigenvalue weighted by atomic mass is 10.3. The Morgan fingerprint density at radius 1 is 1.26 bits per heavy atom. The molecule has 0 amide bonds. The molecule has 1 aromatic carbocycles. The van der Waals surface area contributed by atoms with E-state index in [-0.39, 0.29) is 12.3 Å². The highest BCUT2D eigenvalue weighted by molar-refractivity contribution is 5.36. The first-order valence-corrected chi connectivity index (χ1v) is 5.55. The van der Waals surface area contributed by atoms with Gasteiger partial charge < -0.3 is 10.1 Å². The van der Waals surface area contributed by atoms with Crippen LogP contribution in [0.5, 0.6) is 5.75 Å². The fourth-order valence-corrected chi connectivity index (χ4v) is 1.38. The van der Waals surface area contributed by atoms with Gasteiger partial charge in [0.15, 0.2) is 0 Å². The van der Waals surface area contributed by atoms with Gasteiger partial charge in [-0.15, -0.1) is 0 Å². The van der Waals surface area contributed by atoms with Crippen molar-refractivity contribution in [1.29, 1.82) is 0 Å². The molecular weight excluding hydrogens is 248 g/mol. The van der Waals surface area contributed by atoms with E-state index in [0.29, 0.717) is 17.3 Å². The van der Waals surface area contributed by atoms with Crippen LogP contribution in [0.15, 0.2) is 36.7 Å². The first-order chi connectivity index (χ1) is 9.19. The third-order valence-corrected chi connectivity index (χ3v) is 2.40. The molecule has 2 aromatic rings. The van der Waals surface area contributed by atoms with Gasteiger partial charge in [-0.2, -0.15) is 0 Å². The first-order valence-electron chi connectivity index (χ1n) is 5.55. The highest BCUT2D eigenvalue weighted by atomic mass is 16.6. The van der Waals surface area contributed by atoms with Gasteiger partial charge in [-0.1, -0.05) is 0 Å². The fraction of sp³-hybridized carbons (Fsp3) is 0.167. The SMILES string of the molecule is CNc1cnc(COc2ccc([N+](=O)[O-])cc2)cn1. The molecule has 7 nitrogen and oxygen atoms in total. The van der Waals surface area contributed by atoms with E-state index in [9.17, 15) is 10.1 Å². The Kier molecular flexibility index (Phi) is 3.87. The smallest absolute Gasteiger partial charge is 0.269 e. The van der Waals surface area contributed by atoms with Gasteiger partial charge in [-0.25, -0.2) is 4.98 Å². The number of ether oxygens (including phenoxy) is 1. The standard InChI is InChI=1S/C12H12N4O3/c1-13-12-7-14-9(6-15-12)8-19-11-4-2-10(3-5-11)16(17)18/h2-7H,8H2,1H3,(H,13,15). The summed E-state index contributed by atoms with van der Waals surface area (Å²) in [7, 11) is 1.76. The van der Waals surface area contributed by atoms with E-state index in [2.05, 4.69) is 15.3 Å². The predicted octanol–water partition coefficient (Wildman–Crippen LogP) is 2.01. The number of nitro groups is 1. The Morgan fingerprint density at radius 2 is 2.00 bits per heavy atom. The van der Waals surface area contributed by atoms with Gasteiger partial charge in [0.2, 0.25) is 0 Å². The zero-order valence-electron chi connectivity index (χ0n) is 10.2. The molecule has 0 saturated carbocycles. The molecule has 2 rings (SSSR count). The van der Waals surface area contributed by atoms with E-state index in [1.54, 1.807) is 31.6 Å². The number of aromatic nitrogens is 2. The van der Waals surface area contributed by atoms with E-state index >= 15 is 0 Å². The Hall–Kier alpha value is -2.70. The van der Waals surface area contributed by atoms with Crippen molar-refractivity contribution in [3.8, 4) is 5.75 Å². The molecule has 0 fully saturated rings. The maximum atomic E-state index is 10.5. The number of benzene rings is 1. The normalized spacial score (nSPS) is 9.95. The highest BCUT2D eigenvalue weighted by Crippen LogP contribution is 2.18. The van der Waals surface area contributed by atoms with Crippen molar-refractivity contribution >= 4 is 11.5 Å². The Labute approximate surface area is 109 Å². The maximum absolute atomic E-state index is 10.5. The largest absolute Gasteiger partial charge is 0.487 e. The second kappa shape index (κ2) is 5.76. The summed E-state index contributed by atoms with van der Waals surface area (Å²) in [5.74, 6) is 1.23. The lowest BCUT2D eigenvalue weighted by molar-refractivity contribution is -0.384. The number of anilines is 1. The summed E-state index contributed by atoms with van der Waals surface area (Å²) in [5.41, 5.74) is 0.711. The number of nitrogens with one attached hydrogen (secondary N) is 1. The van der Waals surface area contributed by atoms with Crippen molar-refractivity contribution in [3.63, 3.8) is 0 Å². The topological polar surface area (TPSA) is 90.2 Å². The second-order valence-corrected chi connectivity index (χ2v) is 3.68. The van der Waals surface area contributed by atoms with Crippen molar-refractivity contribution in [2.24, 2.45) is 0 Å². The van der Waals surface area contributed by atoms with E-state index in [4.69, 9.17) is 4.74 Å². The fourth-order valence-electron chi connectivity index (χ4n) is 1.38. The van der Waals surface area contributed by atoms with Crippen molar-refractivity contribution < 1.29 is 9.66 Å². The van der Waals surface area contributed by atoms with Crippen LogP contribution < -0.4 is 10.1 Å². The lowest BCUT2D eigenvalue weighted by Crippen LogP contribution is -2.01. The molecule has 7 heteroatoms. The highest BCUT2D eigenvalue weighted by Gasteiger charge is 2.04. The van der Waals surface area contributed by atoms with Crippen molar-refractivity contribution in [3.05, 3.63) is 52.5 Å². The third kappa shape index (κ3) is 3.38. The number of hydrogen-bond acceptors (Lipinski definition) is 6. The van der Waals surface area contributed by atoms with Crippen molar-refractivity contribution in [1.82, 2.24) is 9.97 Å². The molecule has 0 bridgehead atoms. The van der Waals surface area contributed by atoms with E-state index in [0.717, 1.165) is 0 Å². The Morgan fingerprint density at radius 3 is 2.53 bits per heavy atom. The third-order valence-electron chi connectivity index (χ3n) is 2.40. The summed E-state index contributed by atoms with van der Waals surface area (Å²) in [6.07, 6.45) is 3.21. The van der Waals surface area contributed by atoms with Crippen LogP contribution in [0.1, 0.15) is 5.69 Å². The summed E-state index contributed by atoms with van der Waals surface area (Å²) >= 11 is 0. The molecule has 1 heterocycles. The minimum atomic E-state index is -0.453. The van der Waals surface area contributed by atoms with Gasteiger partial charge in [0.1, 0.15) is 18.2 Å². The molecule has 1 N–H and O–H groups in total. The quantitative estimate of drug-likeness (QED) is 0.653. The molecule has 0 aliphatic rings. The molecule has 1 aromatic heterocycles. The summed E-state index contributed by atoms with van der Waals surface area (Å²) in [4.78, 5) is 18.3. The van der Waals surface area contributed by atoms with Crippen LogP contribution in [-0.2, 0) is 6.61 Å². The van der Waals surface area contributed by atoms with Crippen LogP contribution in [0, 0.1) is 10.1 Å². The Bertz CT molecular complexity index is 554. The van der Waals surface area contributed by atoms with Gasteiger partial charge >= 0.3 is 0 Å². The van der Waals surface area contributed by atoms with Crippen LogP contribution in [0.2, 0.25) is 0 Å². The van der Waals surface area contributed by atoms with Crippen molar-refractivity contribution in [2.75, 3.05) is 12.4 Å². The zero-order chi connectivity index (χ0) is 13.7. The summed E-state index contributed by atoms with van der Waals surface area (Å²) in [6, 6.07) is 5.89. The molecule has 0 unspecified atom stereocenters. The van der Waals surface area contributed by atoms with Gasteiger partial charge in [0.25, 0.3) is 5.69 Å². The van der Waals surface area contributed by atoms with E-state index in [1.807, 2.05) is 0 Å². The number of nitro benzene ring substituents is 1. The van der Waals surface area contributed by atoms with Gasteiger partial charge in [-0.05, 0) is 12.1 Å². The lowest BCUT2D eigenvalue weighted by Gasteiger charge is -2.05. The second-order valence-electron chi connectivity index (χ2n) is 3.68. The van der Waals surface area contributed by atoms with Gasteiger partial charge in [-0.3, -0.25) is 15.1 Å². The van der Waals surface area contributed by atoms with Crippen LogP contribution in [0.4, 0.5) is 11.5 Å². The number of rotatable bonds is 5. The summed E-state index contributed by atoms with van der Waals surface area (Å²) < 4.78 is 5.45. The maximum Gasteiger partial charge on any atom is 0.269 e. The van der Waals surface area contributed by atoms with E-state index in [1.165, 1.54) is 12.1 Å². The van der Waals surface area contributed by atoms with Gasteiger partial charge in [0, 0.05) is 19.2 Å². The van der Waals surface area contributed by atoms with Crippen molar-refractivity contribution in [2.45, 2.75) is 6.61 Å². The van der Waals surface area contributed by atoms with Crippen LogP contribution in [0.25, 0.3) is 0 Å². The van der Waals surface area contributed by atoms with E-state index < -0.39 is 4.92 Å². The van der Waals surface area contributed by atoms with Gasteiger partial charge in [0.05, 0.1) is 23.0 Å². The number of non-ortho nitro benzene ring substituents is 1. The molecule has 98 valence electrons. The summed E-state index contributed by atoms with van der Waals surface area (Å²) in [6.45, 7) is 0.259. The number of hydrogen-bond donors (Lipinski definition) is 1. The zero-order valence-corrected chi connectivity index (χ0v) is 10.2. The van der Waals surface area contributed by atoms with Crippen LogP contribution in [0.3, 0.4) is 0 Å². The minimum Gasteiger partial charge on any atom is -0.487 e. The molecule has 0 atom stereocenters. The Balaban J connectivity index is 1.95. The van der Waals surface area contributed by atoms with Crippen LogP contribution >= 0.6 is 0 Å². The molecular formula is C12H12N4O3. The average molecular weight is 260 g/mol. The monoisotopic (exact) mass is 260 g/mol. The average Bonchev–Trinajstić information content (AvgIpc) is 2.46. The molecule has 0 radical (unpaired) electrons. The molecule has 0 aliphatic carbocycles. The molecule has 19 heavy (non-hydrogen) atoms. The summed E-state index contributed by atoms with van der Waals surface area (Å²) in [5, 5.41) is 13.4.